The number of ether oxygens (including phenoxy) is 1. The molecule has 0 amide bonds. The maximum Gasteiger partial charge on any atom is 0.411 e. The van der Waals surface area contributed by atoms with Crippen LogP contribution in [0.15, 0.2) is 0 Å². The molecular weight excluding hydrogens is 233 g/mol. The van der Waals surface area contributed by atoms with Crippen molar-refractivity contribution < 1.29 is 17.9 Å². The highest BCUT2D eigenvalue weighted by atomic mass is 19.4. The van der Waals surface area contributed by atoms with Crippen molar-refractivity contribution >= 4 is 0 Å². The van der Waals surface area contributed by atoms with Crippen LogP contribution in [-0.2, 0) is 4.74 Å². The lowest BCUT2D eigenvalue weighted by atomic mass is 9.96. The van der Waals surface area contributed by atoms with Gasteiger partial charge in [-0.25, -0.2) is 0 Å². The molecule has 0 radical (unpaired) electrons. The van der Waals surface area contributed by atoms with Crippen molar-refractivity contribution in [2.75, 3.05) is 26.3 Å². The van der Waals surface area contributed by atoms with Crippen molar-refractivity contribution in [2.24, 2.45) is 5.73 Å². The molecule has 0 bridgehead atoms. The van der Waals surface area contributed by atoms with E-state index in [9.17, 15) is 13.2 Å². The summed E-state index contributed by atoms with van der Waals surface area (Å²) in [5, 5.41) is 0. The van der Waals surface area contributed by atoms with Crippen molar-refractivity contribution in [2.45, 2.75) is 44.4 Å². The van der Waals surface area contributed by atoms with Crippen LogP contribution < -0.4 is 5.73 Å². The molecule has 3 nitrogen and oxygen atoms in total. The van der Waals surface area contributed by atoms with Gasteiger partial charge in [0.1, 0.15) is 6.61 Å². The van der Waals surface area contributed by atoms with Gasteiger partial charge in [0.25, 0.3) is 0 Å². The number of hydrogen-bond acceptors (Lipinski definition) is 3. The van der Waals surface area contributed by atoms with Crippen LogP contribution in [0.5, 0.6) is 0 Å². The van der Waals surface area contributed by atoms with Gasteiger partial charge in [0, 0.05) is 25.2 Å². The fourth-order valence-corrected chi connectivity index (χ4v) is 2.35. The van der Waals surface area contributed by atoms with E-state index < -0.39 is 12.8 Å². The number of hydrogen-bond donors (Lipinski definition) is 1. The number of halogens is 3. The molecule has 102 valence electrons. The molecule has 6 heteroatoms. The van der Waals surface area contributed by atoms with E-state index in [1.807, 2.05) is 0 Å². The Labute approximate surface area is 100 Å². The number of nitrogens with zero attached hydrogens (tertiary/aromatic N) is 1. The predicted molar refractivity (Wildman–Crippen MR) is 59.7 cm³/mol. The second-order valence-electron chi connectivity index (χ2n) is 4.58. The standard InChI is InChI=1S/C11H21F3N2O/c1-9-3-2-4-10(7-15)16(9)5-6-17-8-11(12,13)14/h9-10H,2-8,15H2,1H3. The van der Waals surface area contributed by atoms with Crippen LogP contribution in [0.3, 0.4) is 0 Å². The van der Waals surface area contributed by atoms with Gasteiger partial charge in [0.15, 0.2) is 0 Å². The smallest absolute Gasteiger partial charge is 0.371 e. The van der Waals surface area contributed by atoms with Gasteiger partial charge in [0.2, 0.25) is 0 Å². The maximum atomic E-state index is 11.9. The average Bonchev–Trinajstić information content (AvgIpc) is 2.24. The van der Waals surface area contributed by atoms with Gasteiger partial charge >= 0.3 is 6.18 Å². The lowest BCUT2D eigenvalue weighted by Crippen LogP contribution is -2.50. The van der Waals surface area contributed by atoms with E-state index in [4.69, 9.17) is 5.73 Å². The van der Waals surface area contributed by atoms with Crippen LogP contribution in [0.2, 0.25) is 0 Å². The molecule has 1 aliphatic heterocycles. The molecule has 0 aromatic heterocycles. The molecular formula is C11H21F3N2O. The SMILES string of the molecule is CC1CCCC(CN)N1CCOCC(F)(F)F. The Morgan fingerprint density at radius 2 is 2.06 bits per heavy atom. The summed E-state index contributed by atoms with van der Waals surface area (Å²) in [7, 11) is 0. The molecule has 0 spiro atoms. The van der Waals surface area contributed by atoms with Crippen LogP contribution in [0.4, 0.5) is 13.2 Å². The summed E-state index contributed by atoms with van der Waals surface area (Å²) in [6.07, 6.45) is -0.987. The van der Waals surface area contributed by atoms with Crippen LogP contribution in [-0.4, -0.2) is 49.5 Å². The summed E-state index contributed by atoms with van der Waals surface area (Å²) < 4.78 is 40.3. The average molecular weight is 254 g/mol. The highest BCUT2D eigenvalue weighted by molar-refractivity contribution is 4.82. The van der Waals surface area contributed by atoms with E-state index in [1.165, 1.54) is 0 Å². The number of nitrogens with two attached hydrogens (primary N) is 1. The zero-order chi connectivity index (χ0) is 12.9. The Hall–Kier alpha value is -0.330. The Morgan fingerprint density at radius 1 is 1.35 bits per heavy atom. The van der Waals surface area contributed by atoms with Gasteiger partial charge < -0.3 is 10.5 Å². The summed E-state index contributed by atoms with van der Waals surface area (Å²) in [5.41, 5.74) is 5.67. The van der Waals surface area contributed by atoms with E-state index in [-0.39, 0.29) is 12.6 Å². The molecule has 1 heterocycles. The van der Waals surface area contributed by atoms with E-state index in [0.29, 0.717) is 19.1 Å². The van der Waals surface area contributed by atoms with Crippen molar-refractivity contribution in [3.63, 3.8) is 0 Å². The minimum absolute atomic E-state index is 0.111. The molecule has 2 atom stereocenters. The summed E-state index contributed by atoms with van der Waals surface area (Å²) in [6.45, 7) is 2.12. The molecule has 0 saturated carbocycles. The highest BCUT2D eigenvalue weighted by Gasteiger charge is 2.29. The zero-order valence-corrected chi connectivity index (χ0v) is 10.2. The molecule has 1 rings (SSSR count). The van der Waals surface area contributed by atoms with Crippen molar-refractivity contribution in [1.82, 2.24) is 4.90 Å². The van der Waals surface area contributed by atoms with Crippen LogP contribution in [0.25, 0.3) is 0 Å². The largest absolute Gasteiger partial charge is 0.411 e. The van der Waals surface area contributed by atoms with Gasteiger partial charge in [-0.3, -0.25) is 4.90 Å². The third kappa shape index (κ3) is 5.23. The number of alkyl halides is 3. The zero-order valence-electron chi connectivity index (χ0n) is 10.2. The monoisotopic (exact) mass is 254 g/mol. The van der Waals surface area contributed by atoms with Crippen LogP contribution >= 0.6 is 0 Å². The Morgan fingerprint density at radius 3 is 2.65 bits per heavy atom. The second-order valence-corrected chi connectivity index (χ2v) is 4.58. The molecule has 1 fully saturated rings. The molecule has 2 N–H and O–H groups in total. The van der Waals surface area contributed by atoms with E-state index in [0.717, 1.165) is 19.3 Å². The lowest BCUT2D eigenvalue weighted by molar-refractivity contribution is -0.175. The molecule has 1 saturated heterocycles. The first-order chi connectivity index (χ1) is 7.94. The van der Waals surface area contributed by atoms with Gasteiger partial charge in [-0.2, -0.15) is 13.2 Å². The maximum absolute atomic E-state index is 11.9. The third-order valence-corrected chi connectivity index (χ3v) is 3.23. The first kappa shape index (κ1) is 14.7. The van der Waals surface area contributed by atoms with Crippen molar-refractivity contribution in [3.8, 4) is 0 Å². The fourth-order valence-electron chi connectivity index (χ4n) is 2.35. The minimum Gasteiger partial charge on any atom is -0.371 e. The lowest BCUT2D eigenvalue weighted by Gasteiger charge is -2.40. The number of likely N-dealkylation sites (tertiary alicyclic amines) is 1. The van der Waals surface area contributed by atoms with E-state index in [1.54, 1.807) is 0 Å². The second kappa shape index (κ2) is 6.56. The van der Waals surface area contributed by atoms with Gasteiger partial charge in [-0.15, -0.1) is 0 Å². The van der Waals surface area contributed by atoms with Crippen molar-refractivity contribution in [3.05, 3.63) is 0 Å². The number of rotatable bonds is 5. The summed E-state index contributed by atoms with van der Waals surface area (Å²) >= 11 is 0. The topological polar surface area (TPSA) is 38.5 Å². The Bertz CT molecular complexity index is 223. The normalized spacial score (nSPS) is 27.4. The van der Waals surface area contributed by atoms with Gasteiger partial charge in [-0.05, 0) is 19.8 Å². The minimum atomic E-state index is -4.24. The number of piperidine rings is 1. The molecule has 0 aliphatic carbocycles. The van der Waals surface area contributed by atoms with Crippen LogP contribution in [0, 0.1) is 0 Å². The molecule has 2 unspecified atom stereocenters. The first-order valence-corrected chi connectivity index (χ1v) is 6.04. The van der Waals surface area contributed by atoms with Gasteiger partial charge in [-0.1, -0.05) is 6.42 Å². The predicted octanol–water partition coefficient (Wildman–Crippen LogP) is 1.77. The summed E-state index contributed by atoms with van der Waals surface area (Å²) in [4.78, 5) is 2.17. The molecule has 0 aromatic rings. The van der Waals surface area contributed by atoms with E-state index in [2.05, 4.69) is 16.6 Å². The summed E-state index contributed by atoms with van der Waals surface area (Å²) in [6, 6.07) is 0.667. The van der Waals surface area contributed by atoms with Gasteiger partial charge in [0.05, 0.1) is 6.61 Å². The van der Waals surface area contributed by atoms with E-state index >= 15 is 0 Å². The van der Waals surface area contributed by atoms with Crippen molar-refractivity contribution in [1.29, 1.82) is 0 Å². The Balaban J connectivity index is 2.28. The summed E-state index contributed by atoms with van der Waals surface area (Å²) in [5.74, 6) is 0. The highest BCUT2D eigenvalue weighted by Crippen LogP contribution is 2.22. The quantitative estimate of drug-likeness (QED) is 0.760. The fraction of sp³-hybridized carbons (Fsp3) is 1.00. The molecule has 17 heavy (non-hydrogen) atoms. The molecule has 1 aliphatic rings. The Kier molecular flexibility index (Phi) is 5.69. The first-order valence-electron chi connectivity index (χ1n) is 6.04. The third-order valence-electron chi connectivity index (χ3n) is 3.23. The van der Waals surface area contributed by atoms with Crippen LogP contribution in [0.1, 0.15) is 26.2 Å². The molecule has 0 aromatic carbocycles.